The Kier molecular flexibility index (Phi) is 8.15. The summed E-state index contributed by atoms with van der Waals surface area (Å²) in [6, 6.07) is 16.7. The fraction of sp³-hybridized carbons (Fsp3) is 0.333. The van der Waals surface area contributed by atoms with Crippen LogP contribution < -0.4 is 0 Å². The van der Waals surface area contributed by atoms with Gasteiger partial charge in [0.05, 0.1) is 11.1 Å². The summed E-state index contributed by atoms with van der Waals surface area (Å²) in [6.45, 7) is 1.85. The van der Waals surface area contributed by atoms with Gasteiger partial charge in [0.15, 0.2) is 12.2 Å². The molecule has 0 aromatic heterocycles. The molecule has 0 N–H and O–H groups in total. The third kappa shape index (κ3) is 6.63. The van der Waals surface area contributed by atoms with Gasteiger partial charge in [0.25, 0.3) is 0 Å². The summed E-state index contributed by atoms with van der Waals surface area (Å²) in [5, 5.41) is 0. The zero-order chi connectivity index (χ0) is 23.8. The third-order valence-corrected chi connectivity index (χ3v) is 4.79. The molecule has 9 heteroatoms. The predicted octanol–water partition coefficient (Wildman–Crippen LogP) is 2.33. The van der Waals surface area contributed by atoms with Gasteiger partial charge in [-0.05, 0) is 24.3 Å². The van der Waals surface area contributed by atoms with Gasteiger partial charge in [-0.25, -0.2) is 9.59 Å². The topological polar surface area (TPSA) is 114 Å². The molecular formula is C24H24O9. The molecule has 3 rings (SSSR count). The maximum absolute atomic E-state index is 12.3. The summed E-state index contributed by atoms with van der Waals surface area (Å²) < 4.78 is 27.1. The van der Waals surface area contributed by atoms with Crippen molar-refractivity contribution in [1.29, 1.82) is 0 Å². The van der Waals surface area contributed by atoms with Crippen LogP contribution in [0.5, 0.6) is 0 Å². The van der Waals surface area contributed by atoms with Crippen molar-refractivity contribution in [2.75, 3.05) is 13.2 Å². The largest absolute Gasteiger partial charge is 0.459 e. The highest BCUT2D eigenvalue weighted by Crippen LogP contribution is 2.28. The van der Waals surface area contributed by atoms with E-state index in [1.54, 1.807) is 60.7 Å². The smallest absolute Gasteiger partial charge is 0.338 e. The van der Waals surface area contributed by atoms with Crippen LogP contribution in [-0.2, 0) is 33.3 Å². The second-order valence-corrected chi connectivity index (χ2v) is 7.29. The second-order valence-electron chi connectivity index (χ2n) is 7.29. The van der Waals surface area contributed by atoms with Gasteiger partial charge < -0.3 is 23.7 Å². The quantitative estimate of drug-likeness (QED) is 0.436. The lowest BCUT2D eigenvalue weighted by Crippen LogP contribution is -2.42. The summed E-state index contributed by atoms with van der Waals surface area (Å²) >= 11 is 0. The average Bonchev–Trinajstić information content (AvgIpc) is 3.11. The lowest BCUT2D eigenvalue weighted by molar-refractivity contribution is -0.165. The molecule has 0 radical (unpaired) electrons. The van der Waals surface area contributed by atoms with Gasteiger partial charge in [-0.2, -0.15) is 0 Å². The van der Waals surface area contributed by atoms with E-state index in [4.69, 9.17) is 23.7 Å². The van der Waals surface area contributed by atoms with Crippen LogP contribution in [0.3, 0.4) is 0 Å². The van der Waals surface area contributed by atoms with Crippen LogP contribution in [0.2, 0.25) is 0 Å². The first-order valence-corrected chi connectivity index (χ1v) is 10.3. The van der Waals surface area contributed by atoms with E-state index in [-0.39, 0.29) is 13.2 Å². The van der Waals surface area contributed by atoms with E-state index in [1.807, 2.05) is 0 Å². The van der Waals surface area contributed by atoms with E-state index in [9.17, 15) is 19.2 Å². The van der Waals surface area contributed by atoms with Crippen molar-refractivity contribution in [3.05, 3.63) is 71.8 Å². The molecule has 9 nitrogen and oxygen atoms in total. The van der Waals surface area contributed by atoms with Crippen molar-refractivity contribution in [3.63, 3.8) is 0 Å². The Balaban J connectivity index is 1.71. The highest BCUT2D eigenvalue weighted by molar-refractivity contribution is 5.89. The molecule has 0 aliphatic carbocycles. The van der Waals surface area contributed by atoms with Crippen LogP contribution in [0.1, 0.15) is 34.6 Å². The monoisotopic (exact) mass is 456 g/mol. The Morgan fingerprint density at radius 3 is 1.36 bits per heavy atom. The van der Waals surface area contributed by atoms with Gasteiger partial charge in [0.1, 0.15) is 25.4 Å². The Morgan fingerprint density at radius 2 is 1.03 bits per heavy atom. The minimum absolute atomic E-state index is 0.271. The van der Waals surface area contributed by atoms with Gasteiger partial charge in [-0.3, -0.25) is 9.59 Å². The van der Waals surface area contributed by atoms with Crippen molar-refractivity contribution in [1.82, 2.24) is 0 Å². The predicted molar refractivity (Wildman–Crippen MR) is 113 cm³/mol. The Morgan fingerprint density at radius 1 is 0.667 bits per heavy atom. The average molecular weight is 456 g/mol. The van der Waals surface area contributed by atoms with E-state index in [1.165, 1.54) is 13.8 Å². The van der Waals surface area contributed by atoms with E-state index in [2.05, 4.69) is 0 Å². The highest BCUT2D eigenvalue weighted by Gasteiger charge is 2.50. The molecule has 1 fully saturated rings. The fourth-order valence-electron chi connectivity index (χ4n) is 3.37. The van der Waals surface area contributed by atoms with Gasteiger partial charge in [0.2, 0.25) is 0 Å². The number of carbonyl (C=O) groups is 4. The summed E-state index contributed by atoms with van der Waals surface area (Å²) in [6.07, 6.45) is -4.00. The second kappa shape index (κ2) is 11.2. The van der Waals surface area contributed by atoms with Crippen LogP contribution in [-0.4, -0.2) is 61.5 Å². The van der Waals surface area contributed by atoms with E-state index >= 15 is 0 Å². The van der Waals surface area contributed by atoms with Crippen LogP contribution in [0.4, 0.5) is 0 Å². The molecule has 174 valence electrons. The Bertz CT molecular complexity index is 894. The molecule has 0 saturated carbocycles. The molecule has 4 atom stereocenters. The molecule has 0 bridgehead atoms. The van der Waals surface area contributed by atoms with Crippen molar-refractivity contribution in [2.24, 2.45) is 0 Å². The van der Waals surface area contributed by atoms with Gasteiger partial charge in [-0.1, -0.05) is 36.4 Å². The molecule has 2 aromatic rings. The number of benzene rings is 2. The van der Waals surface area contributed by atoms with E-state index in [0.717, 1.165) is 0 Å². The van der Waals surface area contributed by atoms with Gasteiger partial charge in [-0.15, -0.1) is 0 Å². The molecule has 1 aliphatic heterocycles. The van der Waals surface area contributed by atoms with E-state index < -0.39 is 48.3 Å². The third-order valence-electron chi connectivity index (χ3n) is 4.79. The molecule has 0 spiro atoms. The maximum atomic E-state index is 12.3. The highest BCUT2D eigenvalue weighted by atomic mass is 16.7. The lowest BCUT2D eigenvalue weighted by Gasteiger charge is -2.23. The molecule has 2 aromatic carbocycles. The number of esters is 4. The fourth-order valence-corrected chi connectivity index (χ4v) is 3.37. The van der Waals surface area contributed by atoms with Gasteiger partial charge >= 0.3 is 23.9 Å². The summed E-state index contributed by atoms with van der Waals surface area (Å²) in [5.41, 5.74) is 0.675. The number of hydrogen-bond donors (Lipinski definition) is 0. The van der Waals surface area contributed by atoms with Crippen LogP contribution >= 0.6 is 0 Å². The molecule has 1 aliphatic rings. The number of ether oxygens (including phenoxy) is 5. The van der Waals surface area contributed by atoms with Crippen LogP contribution in [0.25, 0.3) is 0 Å². The number of hydrogen-bond acceptors (Lipinski definition) is 9. The standard InChI is InChI=1S/C24H24O9/c1-15(25)31-21-19(13-29-23(27)17-9-5-3-6-10-17)33-20(22(21)32-16(2)26)14-30-24(28)18-11-7-4-8-12-18/h3-12,19-22H,13-14H2,1-2H3/t19-,20+,21-,22-/m1/s1. The van der Waals surface area contributed by atoms with E-state index in [0.29, 0.717) is 11.1 Å². The Hall–Kier alpha value is -3.72. The molecular weight excluding hydrogens is 432 g/mol. The minimum atomic E-state index is -1.06. The summed E-state index contributed by atoms with van der Waals surface area (Å²) in [4.78, 5) is 48.0. The summed E-state index contributed by atoms with van der Waals surface area (Å²) in [7, 11) is 0. The SMILES string of the molecule is CC(=O)O[C@H]1[C@H](OC(C)=O)[C@@H](COC(=O)c2ccccc2)O[C@H]1COC(=O)c1ccccc1. The first-order valence-electron chi connectivity index (χ1n) is 10.3. The first-order chi connectivity index (χ1) is 15.8. The lowest BCUT2D eigenvalue weighted by atomic mass is 10.1. The van der Waals surface area contributed by atoms with Crippen molar-refractivity contribution in [3.8, 4) is 0 Å². The Labute approximate surface area is 190 Å². The molecule has 0 unspecified atom stereocenters. The number of rotatable bonds is 8. The zero-order valence-corrected chi connectivity index (χ0v) is 18.2. The number of carbonyl (C=O) groups excluding carboxylic acids is 4. The molecule has 1 saturated heterocycles. The minimum Gasteiger partial charge on any atom is -0.459 e. The zero-order valence-electron chi connectivity index (χ0n) is 18.2. The molecule has 0 amide bonds. The van der Waals surface area contributed by atoms with Crippen molar-refractivity contribution in [2.45, 2.75) is 38.3 Å². The van der Waals surface area contributed by atoms with Crippen LogP contribution in [0.15, 0.2) is 60.7 Å². The van der Waals surface area contributed by atoms with Crippen molar-refractivity contribution < 1.29 is 42.9 Å². The summed E-state index contributed by atoms with van der Waals surface area (Å²) in [5.74, 6) is -2.46. The molecule has 33 heavy (non-hydrogen) atoms. The van der Waals surface area contributed by atoms with Gasteiger partial charge in [0, 0.05) is 13.8 Å². The maximum Gasteiger partial charge on any atom is 0.338 e. The first kappa shape index (κ1) is 23.9. The normalized spacial score (nSPS) is 21.6. The molecule has 1 heterocycles. The van der Waals surface area contributed by atoms with Crippen LogP contribution in [0, 0.1) is 0 Å². The van der Waals surface area contributed by atoms with Crippen molar-refractivity contribution >= 4 is 23.9 Å².